The number of hydrogen-bond acceptors (Lipinski definition) is 1. The van der Waals surface area contributed by atoms with Crippen molar-refractivity contribution in [1.29, 1.82) is 0 Å². The molecule has 19 heavy (non-hydrogen) atoms. The Morgan fingerprint density at radius 3 is 2.58 bits per heavy atom. The number of para-hydroxylation sites is 1. The van der Waals surface area contributed by atoms with Crippen LogP contribution in [0.1, 0.15) is 38.5 Å². The summed E-state index contributed by atoms with van der Waals surface area (Å²) in [6, 6.07) is 8.06. The largest absolute Gasteiger partial charge is 0.492 e. The molecule has 1 aromatic carbocycles. The van der Waals surface area contributed by atoms with Crippen LogP contribution in [0.3, 0.4) is 0 Å². The third-order valence-corrected chi connectivity index (χ3v) is 4.48. The number of rotatable bonds is 7. The number of halogens is 1. The van der Waals surface area contributed by atoms with Crippen molar-refractivity contribution in [2.24, 2.45) is 0 Å². The minimum atomic E-state index is 0.831. The summed E-state index contributed by atoms with van der Waals surface area (Å²) in [6.07, 6.45) is 8.10. The quantitative estimate of drug-likeness (QED) is 0.760. The third-order valence-electron chi connectivity index (χ3n) is 3.83. The molecule has 0 radical (unpaired) electrons. The van der Waals surface area contributed by atoms with Crippen LogP contribution >= 0.6 is 15.9 Å². The third kappa shape index (κ3) is 5.53. The van der Waals surface area contributed by atoms with Crippen LogP contribution < -0.4 is 9.64 Å². The Bertz CT molecular complexity index is 364. The van der Waals surface area contributed by atoms with Crippen molar-refractivity contribution in [1.82, 2.24) is 0 Å². The van der Waals surface area contributed by atoms with Crippen LogP contribution in [-0.4, -0.2) is 26.2 Å². The molecule has 1 saturated heterocycles. The highest BCUT2D eigenvalue weighted by Crippen LogP contribution is 2.23. The van der Waals surface area contributed by atoms with E-state index in [0.29, 0.717) is 0 Å². The van der Waals surface area contributed by atoms with Crippen LogP contribution in [-0.2, 0) is 0 Å². The summed E-state index contributed by atoms with van der Waals surface area (Å²) >= 11 is 3.50. The molecule has 0 aliphatic carbocycles. The molecule has 1 heterocycles. The van der Waals surface area contributed by atoms with E-state index in [-0.39, 0.29) is 0 Å². The second-order valence-corrected chi connectivity index (χ2v) is 6.25. The van der Waals surface area contributed by atoms with Crippen LogP contribution in [0.4, 0.5) is 0 Å². The summed E-state index contributed by atoms with van der Waals surface area (Å²) in [5.74, 6) is 0.962. The lowest BCUT2D eigenvalue weighted by molar-refractivity contribution is -0.905. The number of likely N-dealkylation sites (tertiary alicyclic amines) is 1. The molecule has 0 saturated carbocycles. The van der Waals surface area contributed by atoms with Gasteiger partial charge in [0.15, 0.2) is 0 Å². The number of nitrogens with one attached hydrogen (secondary N) is 1. The Hall–Kier alpha value is -0.540. The lowest BCUT2D eigenvalue weighted by Gasteiger charge is -2.23. The predicted molar refractivity (Wildman–Crippen MR) is 82.9 cm³/mol. The number of piperidine rings is 1. The summed E-state index contributed by atoms with van der Waals surface area (Å²) in [7, 11) is 0. The first kappa shape index (κ1) is 14.9. The van der Waals surface area contributed by atoms with E-state index in [2.05, 4.69) is 15.9 Å². The topological polar surface area (TPSA) is 13.7 Å². The van der Waals surface area contributed by atoms with Crippen LogP contribution in [0.5, 0.6) is 5.75 Å². The number of ether oxygens (including phenoxy) is 1. The van der Waals surface area contributed by atoms with E-state index >= 15 is 0 Å². The van der Waals surface area contributed by atoms with E-state index in [4.69, 9.17) is 4.74 Å². The van der Waals surface area contributed by atoms with Crippen molar-refractivity contribution in [3.8, 4) is 5.75 Å². The Morgan fingerprint density at radius 2 is 1.79 bits per heavy atom. The molecule has 0 atom stereocenters. The number of hydrogen-bond donors (Lipinski definition) is 1. The fourth-order valence-electron chi connectivity index (χ4n) is 2.70. The highest BCUT2D eigenvalue weighted by molar-refractivity contribution is 9.10. The van der Waals surface area contributed by atoms with E-state index in [9.17, 15) is 0 Å². The van der Waals surface area contributed by atoms with Gasteiger partial charge in [0.1, 0.15) is 5.75 Å². The second kappa shape index (κ2) is 8.60. The molecule has 3 heteroatoms. The van der Waals surface area contributed by atoms with Gasteiger partial charge in [-0.3, -0.25) is 0 Å². The molecule has 1 aliphatic heterocycles. The molecule has 0 bridgehead atoms. The van der Waals surface area contributed by atoms with Crippen LogP contribution in [0.15, 0.2) is 28.7 Å². The Labute approximate surface area is 125 Å². The predicted octanol–water partition coefficient (Wildman–Crippen LogP) is 3.07. The van der Waals surface area contributed by atoms with Crippen LogP contribution in [0, 0.1) is 0 Å². The summed E-state index contributed by atoms with van der Waals surface area (Å²) in [6.45, 7) is 4.98. The average Bonchev–Trinajstić information content (AvgIpc) is 2.45. The molecule has 0 aromatic heterocycles. The van der Waals surface area contributed by atoms with Crippen molar-refractivity contribution in [3.05, 3.63) is 28.7 Å². The van der Waals surface area contributed by atoms with Gasteiger partial charge < -0.3 is 9.64 Å². The minimum absolute atomic E-state index is 0.831. The van der Waals surface area contributed by atoms with Crippen molar-refractivity contribution in [3.63, 3.8) is 0 Å². The first-order valence-corrected chi connectivity index (χ1v) is 8.36. The molecule has 2 rings (SSSR count). The van der Waals surface area contributed by atoms with E-state index < -0.39 is 0 Å². The van der Waals surface area contributed by atoms with Crippen LogP contribution in [0.2, 0.25) is 0 Å². The Morgan fingerprint density at radius 1 is 1.00 bits per heavy atom. The lowest BCUT2D eigenvalue weighted by Crippen LogP contribution is -3.12. The molecule has 1 N–H and O–H groups in total. The van der Waals surface area contributed by atoms with E-state index in [0.717, 1.165) is 23.2 Å². The van der Waals surface area contributed by atoms with Gasteiger partial charge in [0.25, 0.3) is 0 Å². The number of benzene rings is 1. The SMILES string of the molecule is Brc1ccccc1OCCCCC[NH+]1CCCCC1. The molecule has 1 aliphatic rings. The lowest BCUT2D eigenvalue weighted by atomic mass is 10.1. The monoisotopic (exact) mass is 326 g/mol. The van der Waals surface area contributed by atoms with Crippen molar-refractivity contribution in [2.75, 3.05) is 26.2 Å². The zero-order chi connectivity index (χ0) is 13.3. The Balaban J connectivity index is 1.51. The van der Waals surface area contributed by atoms with Crippen molar-refractivity contribution < 1.29 is 9.64 Å². The van der Waals surface area contributed by atoms with Gasteiger partial charge in [-0.2, -0.15) is 0 Å². The summed E-state index contributed by atoms with van der Waals surface area (Å²) < 4.78 is 6.82. The molecule has 1 fully saturated rings. The minimum Gasteiger partial charge on any atom is -0.492 e. The summed E-state index contributed by atoms with van der Waals surface area (Å²) in [5, 5.41) is 0. The van der Waals surface area contributed by atoms with Gasteiger partial charge in [-0.1, -0.05) is 12.1 Å². The molecule has 1 aromatic rings. The van der Waals surface area contributed by atoms with Gasteiger partial charge in [-0.15, -0.1) is 0 Å². The number of unbranched alkanes of at least 4 members (excludes halogenated alkanes) is 2. The van der Waals surface area contributed by atoms with Gasteiger partial charge in [-0.05, 0) is 66.6 Å². The molecule has 0 unspecified atom stereocenters. The average molecular weight is 327 g/mol. The normalized spacial score (nSPS) is 16.5. The molecular weight excluding hydrogens is 302 g/mol. The van der Waals surface area contributed by atoms with Gasteiger partial charge >= 0.3 is 0 Å². The van der Waals surface area contributed by atoms with Gasteiger partial charge in [-0.25, -0.2) is 0 Å². The van der Waals surface area contributed by atoms with Gasteiger partial charge in [0, 0.05) is 0 Å². The standard InChI is InChI=1S/C16H24BrNO/c17-15-9-3-4-10-16(15)19-14-8-2-7-13-18-11-5-1-6-12-18/h3-4,9-10H,1-2,5-8,11-14H2/p+1. The zero-order valence-corrected chi connectivity index (χ0v) is 13.3. The molecule has 2 nitrogen and oxygen atoms in total. The van der Waals surface area contributed by atoms with E-state index in [1.165, 1.54) is 51.7 Å². The fourth-order valence-corrected chi connectivity index (χ4v) is 3.10. The molecule has 106 valence electrons. The first-order chi connectivity index (χ1) is 9.36. The maximum absolute atomic E-state index is 5.78. The van der Waals surface area contributed by atoms with Gasteiger partial charge in [0.2, 0.25) is 0 Å². The molecule has 0 amide bonds. The number of quaternary nitrogens is 1. The van der Waals surface area contributed by atoms with Gasteiger partial charge in [0.05, 0.1) is 30.7 Å². The maximum Gasteiger partial charge on any atom is 0.133 e. The van der Waals surface area contributed by atoms with E-state index in [1.54, 1.807) is 0 Å². The maximum atomic E-state index is 5.78. The van der Waals surface area contributed by atoms with Crippen LogP contribution in [0.25, 0.3) is 0 Å². The van der Waals surface area contributed by atoms with Crippen molar-refractivity contribution >= 4 is 15.9 Å². The smallest absolute Gasteiger partial charge is 0.133 e. The zero-order valence-electron chi connectivity index (χ0n) is 11.7. The highest BCUT2D eigenvalue weighted by Gasteiger charge is 2.12. The Kier molecular flexibility index (Phi) is 6.72. The first-order valence-electron chi connectivity index (χ1n) is 7.57. The highest BCUT2D eigenvalue weighted by atomic mass is 79.9. The second-order valence-electron chi connectivity index (χ2n) is 5.40. The fraction of sp³-hybridized carbons (Fsp3) is 0.625. The molecule has 0 spiro atoms. The molecular formula is C16H25BrNO+. The summed E-state index contributed by atoms with van der Waals surface area (Å²) in [4.78, 5) is 1.82. The van der Waals surface area contributed by atoms with Crippen molar-refractivity contribution in [2.45, 2.75) is 38.5 Å². The summed E-state index contributed by atoms with van der Waals surface area (Å²) in [5.41, 5.74) is 0. The van der Waals surface area contributed by atoms with E-state index in [1.807, 2.05) is 29.2 Å².